The van der Waals surface area contributed by atoms with Gasteiger partial charge in [-0.05, 0) is 25.1 Å². The topological polar surface area (TPSA) is 52.3 Å². The number of hydrogen-bond donors (Lipinski definition) is 0. The third kappa shape index (κ3) is 2.28. The van der Waals surface area contributed by atoms with E-state index in [-0.39, 0.29) is 5.97 Å². The average molecular weight is 267 g/mol. The number of nitrogens with zero attached hydrogens (tertiary/aromatic N) is 1. The number of carbonyl (C=O) groups is 1. The molecule has 0 aliphatic rings. The van der Waals surface area contributed by atoms with Crippen molar-refractivity contribution in [1.29, 1.82) is 0 Å². The lowest BCUT2D eigenvalue weighted by Crippen LogP contribution is -2.05. The monoisotopic (exact) mass is 267 g/mol. The molecule has 1 aromatic carbocycles. The molecule has 4 nitrogen and oxygen atoms in total. The van der Waals surface area contributed by atoms with Crippen molar-refractivity contribution in [1.82, 2.24) is 4.98 Å². The SMILES string of the molecule is CCOC(=O)c1cncc(-c2cc3ccccc3o2)c1. The van der Waals surface area contributed by atoms with Crippen LogP contribution in [-0.4, -0.2) is 17.6 Å². The molecule has 0 spiro atoms. The van der Waals surface area contributed by atoms with E-state index in [0.717, 1.165) is 16.5 Å². The maximum Gasteiger partial charge on any atom is 0.339 e. The minimum absolute atomic E-state index is 0.341. The van der Waals surface area contributed by atoms with E-state index < -0.39 is 0 Å². The number of carbonyl (C=O) groups excluding carboxylic acids is 1. The standard InChI is InChI=1S/C16H13NO3/c1-2-19-16(18)13-7-12(9-17-10-13)15-8-11-5-3-4-6-14(11)20-15/h3-10H,2H2,1H3. The highest BCUT2D eigenvalue weighted by molar-refractivity contribution is 5.91. The number of benzene rings is 1. The fourth-order valence-corrected chi connectivity index (χ4v) is 2.02. The summed E-state index contributed by atoms with van der Waals surface area (Å²) in [5.41, 5.74) is 1.99. The van der Waals surface area contributed by atoms with Crippen molar-refractivity contribution < 1.29 is 13.9 Å². The smallest absolute Gasteiger partial charge is 0.339 e. The molecule has 3 rings (SSSR count). The number of pyridine rings is 1. The lowest BCUT2D eigenvalue weighted by molar-refractivity contribution is 0.0526. The molecular formula is C16H13NO3. The first-order chi connectivity index (χ1) is 9.78. The lowest BCUT2D eigenvalue weighted by Gasteiger charge is -2.02. The van der Waals surface area contributed by atoms with Crippen molar-refractivity contribution in [3.05, 3.63) is 54.4 Å². The molecule has 2 aromatic heterocycles. The third-order valence-electron chi connectivity index (χ3n) is 2.96. The van der Waals surface area contributed by atoms with Crippen LogP contribution in [0.3, 0.4) is 0 Å². The molecule has 0 unspecified atom stereocenters. The summed E-state index contributed by atoms with van der Waals surface area (Å²) in [6.45, 7) is 2.11. The molecule has 4 heteroatoms. The Morgan fingerprint density at radius 2 is 2.10 bits per heavy atom. The molecule has 20 heavy (non-hydrogen) atoms. The Morgan fingerprint density at radius 3 is 2.90 bits per heavy atom. The second-order valence-electron chi connectivity index (χ2n) is 4.33. The van der Waals surface area contributed by atoms with Gasteiger partial charge in [-0.1, -0.05) is 18.2 Å². The van der Waals surface area contributed by atoms with Crippen molar-refractivity contribution in [2.75, 3.05) is 6.61 Å². The summed E-state index contributed by atoms with van der Waals surface area (Å²) in [4.78, 5) is 15.8. The number of hydrogen-bond acceptors (Lipinski definition) is 4. The minimum atomic E-state index is -0.377. The van der Waals surface area contributed by atoms with Crippen LogP contribution in [-0.2, 0) is 4.74 Å². The third-order valence-corrected chi connectivity index (χ3v) is 2.96. The number of fused-ring (bicyclic) bond motifs is 1. The maximum atomic E-state index is 11.7. The lowest BCUT2D eigenvalue weighted by atomic mass is 10.1. The molecule has 0 aliphatic heterocycles. The van der Waals surface area contributed by atoms with Crippen molar-refractivity contribution >= 4 is 16.9 Å². The Morgan fingerprint density at radius 1 is 1.25 bits per heavy atom. The Kier molecular flexibility index (Phi) is 3.21. The van der Waals surface area contributed by atoms with Crippen molar-refractivity contribution in [3.8, 4) is 11.3 Å². The number of rotatable bonds is 3. The van der Waals surface area contributed by atoms with Crippen LogP contribution in [0.4, 0.5) is 0 Å². The second-order valence-corrected chi connectivity index (χ2v) is 4.33. The van der Waals surface area contributed by atoms with Crippen LogP contribution in [0.5, 0.6) is 0 Å². The number of furan rings is 1. The van der Waals surface area contributed by atoms with E-state index in [4.69, 9.17) is 9.15 Å². The molecule has 0 saturated carbocycles. The summed E-state index contributed by atoms with van der Waals surface area (Å²) in [6, 6.07) is 11.4. The van der Waals surface area contributed by atoms with E-state index in [9.17, 15) is 4.79 Å². The average Bonchev–Trinajstić information content (AvgIpc) is 2.91. The van der Waals surface area contributed by atoms with Gasteiger partial charge in [0.25, 0.3) is 0 Å². The molecule has 2 heterocycles. The van der Waals surface area contributed by atoms with E-state index in [1.165, 1.54) is 6.20 Å². The zero-order valence-electron chi connectivity index (χ0n) is 11.0. The van der Waals surface area contributed by atoms with Crippen LogP contribution in [0, 0.1) is 0 Å². The van der Waals surface area contributed by atoms with Gasteiger partial charge in [0.1, 0.15) is 11.3 Å². The van der Waals surface area contributed by atoms with E-state index in [0.29, 0.717) is 17.9 Å². The van der Waals surface area contributed by atoms with Gasteiger partial charge in [-0.25, -0.2) is 4.79 Å². The van der Waals surface area contributed by atoms with Crippen LogP contribution in [0.25, 0.3) is 22.3 Å². The van der Waals surface area contributed by atoms with E-state index >= 15 is 0 Å². The van der Waals surface area contributed by atoms with Crippen molar-refractivity contribution in [2.45, 2.75) is 6.92 Å². The molecule has 0 amide bonds. The van der Waals surface area contributed by atoms with Crippen molar-refractivity contribution in [3.63, 3.8) is 0 Å². The van der Waals surface area contributed by atoms with Gasteiger partial charge in [-0.3, -0.25) is 4.98 Å². The summed E-state index contributed by atoms with van der Waals surface area (Å²) in [5.74, 6) is 0.308. The molecule has 0 N–H and O–H groups in total. The maximum absolute atomic E-state index is 11.7. The van der Waals surface area contributed by atoms with Gasteiger partial charge < -0.3 is 9.15 Å². The van der Waals surface area contributed by atoms with Gasteiger partial charge in [0.15, 0.2) is 0 Å². The first-order valence-corrected chi connectivity index (χ1v) is 6.39. The Bertz CT molecular complexity index is 728. The van der Waals surface area contributed by atoms with Crippen LogP contribution in [0.15, 0.2) is 53.2 Å². The van der Waals surface area contributed by atoms with Crippen molar-refractivity contribution in [2.24, 2.45) is 0 Å². The number of ether oxygens (including phenoxy) is 1. The highest BCUT2D eigenvalue weighted by Gasteiger charge is 2.11. The summed E-state index contributed by atoms with van der Waals surface area (Å²) in [6.07, 6.45) is 3.16. The number of aromatic nitrogens is 1. The number of para-hydroxylation sites is 1. The molecule has 100 valence electrons. The predicted octanol–water partition coefficient (Wildman–Crippen LogP) is 3.67. The van der Waals surface area contributed by atoms with Crippen LogP contribution >= 0.6 is 0 Å². The van der Waals surface area contributed by atoms with Gasteiger partial charge in [-0.2, -0.15) is 0 Å². The van der Waals surface area contributed by atoms with Gasteiger partial charge in [0.05, 0.1) is 12.2 Å². The first kappa shape index (κ1) is 12.4. The summed E-state index contributed by atoms with van der Waals surface area (Å²) in [5, 5.41) is 1.02. The van der Waals surface area contributed by atoms with Gasteiger partial charge in [0.2, 0.25) is 0 Å². The molecular weight excluding hydrogens is 254 g/mol. The van der Waals surface area contributed by atoms with E-state index in [1.54, 1.807) is 19.2 Å². The zero-order valence-corrected chi connectivity index (χ0v) is 11.0. The van der Waals surface area contributed by atoms with E-state index in [1.807, 2.05) is 30.3 Å². The summed E-state index contributed by atoms with van der Waals surface area (Å²) >= 11 is 0. The Hall–Kier alpha value is -2.62. The fourth-order valence-electron chi connectivity index (χ4n) is 2.02. The largest absolute Gasteiger partial charge is 0.462 e. The molecule has 3 aromatic rings. The predicted molar refractivity (Wildman–Crippen MR) is 75.4 cm³/mol. The normalized spacial score (nSPS) is 10.7. The molecule has 0 radical (unpaired) electrons. The molecule has 0 atom stereocenters. The van der Waals surface area contributed by atoms with Crippen LogP contribution in [0.2, 0.25) is 0 Å². The Labute approximate surface area is 116 Å². The molecule has 0 bridgehead atoms. The summed E-state index contributed by atoms with van der Waals surface area (Å²) < 4.78 is 10.7. The van der Waals surface area contributed by atoms with E-state index in [2.05, 4.69) is 4.98 Å². The zero-order chi connectivity index (χ0) is 13.9. The minimum Gasteiger partial charge on any atom is -0.462 e. The molecule has 0 fully saturated rings. The first-order valence-electron chi connectivity index (χ1n) is 6.39. The highest BCUT2D eigenvalue weighted by atomic mass is 16.5. The number of esters is 1. The van der Waals surface area contributed by atoms with Crippen LogP contribution < -0.4 is 0 Å². The van der Waals surface area contributed by atoms with Gasteiger partial charge in [-0.15, -0.1) is 0 Å². The van der Waals surface area contributed by atoms with Gasteiger partial charge >= 0.3 is 5.97 Å². The molecule has 0 aliphatic carbocycles. The highest BCUT2D eigenvalue weighted by Crippen LogP contribution is 2.27. The molecule has 0 saturated heterocycles. The second kappa shape index (κ2) is 5.17. The van der Waals surface area contributed by atoms with Gasteiger partial charge in [0, 0.05) is 23.3 Å². The summed E-state index contributed by atoms with van der Waals surface area (Å²) in [7, 11) is 0. The Balaban J connectivity index is 2.01. The quantitative estimate of drug-likeness (QED) is 0.679. The fraction of sp³-hybridized carbons (Fsp3) is 0.125. The van der Waals surface area contributed by atoms with Crippen LogP contribution in [0.1, 0.15) is 17.3 Å².